The molecule has 1 nitrogen and oxygen atoms in total. The minimum Gasteiger partial charge on any atom is -0.281 e. The molecule has 68 valence electrons. The average Bonchev–Trinajstić information content (AvgIpc) is 2.71. The van der Waals surface area contributed by atoms with Gasteiger partial charge in [-0.25, -0.2) is 0 Å². The van der Waals surface area contributed by atoms with Gasteiger partial charge in [0.25, 0.3) is 0 Å². The summed E-state index contributed by atoms with van der Waals surface area (Å²) < 4.78 is 2.65. The van der Waals surface area contributed by atoms with Gasteiger partial charge in [-0.3, -0.25) is 4.57 Å². The van der Waals surface area contributed by atoms with Gasteiger partial charge < -0.3 is 0 Å². The molecule has 0 saturated carbocycles. The molecule has 0 amide bonds. The maximum absolute atomic E-state index is 2.65. The van der Waals surface area contributed by atoms with E-state index in [0.717, 1.165) is 0 Å². The second-order valence-corrected chi connectivity index (χ2v) is 5.41. The molecular weight excluding hydrogens is 174 g/mol. The van der Waals surface area contributed by atoms with Gasteiger partial charge in [-0.1, -0.05) is 30.3 Å². The van der Waals surface area contributed by atoms with E-state index in [1.165, 1.54) is 18.5 Å². The van der Waals surface area contributed by atoms with Crippen molar-refractivity contribution in [2.24, 2.45) is 0 Å². The molecule has 1 fully saturated rings. The van der Waals surface area contributed by atoms with Crippen molar-refractivity contribution in [1.82, 2.24) is 4.57 Å². The van der Waals surface area contributed by atoms with Crippen molar-refractivity contribution in [3.8, 4) is 0 Å². The highest BCUT2D eigenvalue weighted by Gasteiger charge is 2.25. The SMILES string of the molecule is C[C@H](c1ccccc1)N1CC[CH+][SiH2]1. The molecule has 0 bridgehead atoms. The Hall–Kier alpha value is -0.733. The van der Waals surface area contributed by atoms with E-state index in [2.05, 4.69) is 47.9 Å². The summed E-state index contributed by atoms with van der Waals surface area (Å²) >= 11 is 0. The average molecular weight is 190 g/mol. The van der Waals surface area contributed by atoms with Crippen LogP contribution >= 0.6 is 0 Å². The van der Waals surface area contributed by atoms with E-state index in [0.29, 0.717) is 6.04 Å². The van der Waals surface area contributed by atoms with Gasteiger partial charge in [0.1, 0.15) is 0 Å². The highest BCUT2D eigenvalue weighted by Crippen LogP contribution is 2.22. The Morgan fingerprint density at radius 1 is 1.38 bits per heavy atom. The van der Waals surface area contributed by atoms with Gasteiger partial charge in [-0.15, -0.1) is 0 Å². The Labute approximate surface area is 82.7 Å². The number of hydrogen-bond donors (Lipinski definition) is 0. The third kappa shape index (κ3) is 1.95. The lowest BCUT2D eigenvalue weighted by Crippen LogP contribution is -2.25. The third-order valence-electron chi connectivity index (χ3n) is 2.81. The minimum absolute atomic E-state index is 0.0257. The number of nitrogens with zero attached hydrogens (tertiary/aromatic N) is 1. The summed E-state index contributed by atoms with van der Waals surface area (Å²) in [5.74, 6) is 0. The monoisotopic (exact) mass is 190 g/mol. The van der Waals surface area contributed by atoms with Crippen molar-refractivity contribution in [3.63, 3.8) is 0 Å². The van der Waals surface area contributed by atoms with Crippen LogP contribution in [-0.2, 0) is 0 Å². The van der Waals surface area contributed by atoms with Crippen LogP contribution in [0.3, 0.4) is 0 Å². The van der Waals surface area contributed by atoms with E-state index >= 15 is 0 Å². The lowest BCUT2D eigenvalue weighted by molar-refractivity contribution is 0.384. The summed E-state index contributed by atoms with van der Waals surface area (Å²) in [7, 11) is -0.0257. The summed E-state index contributed by atoms with van der Waals surface area (Å²) in [6, 6.07) is 13.9. The first-order chi connectivity index (χ1) is 6.38. The zero-order valence-electron chi connectivity index (χ0n) is 8.11. The number of benzene rings is 1. The molecule has 1 aliphatic rings. The Morgan fingerprint density at radius 3 is 2.77 bits per heavy atom. The summed E-state index contributed by atoms with van der Waals surface area (Å²) in [6.45, 7) is 3.60. The molecule has 1 heterocycles. The van der Waals surface area contributed by atoms with Gasteiger partial charge in [0.15, 0.2) is 0 Å². The standard InChI is InChI=1S/C11H16NSi/c1-10(12-8-5-9-13-12)11-6-3-2-4-7-11/h2-4,6-7,9-10H,5,8,13H2,1H3/q+1/t10-/m1/s1. The molecule has 2 heteroatoms. The topological polar surface area (TPSA) is 3.24 Å². The zero-order valence-corrected chi connectivity index (χ0v) is 9.52. The Kier molecular flexibility index (Phi) is 2.71. The molecule has 0 aliphatic carbocycles. The first kappa shape index (κ1) is 8.85. The second kappa shape index (κ2) is 3.98. The summed E-state index contributed by atoms with van der Waals surface area (Å²) in [6.07, 6.45) is 1.31. The fourth-order valence-electron chi connectivity index (χ4n) is 1.90. The van der Waals surface area contributed by atoms with E-state index in [1.807, 2.05) is 0 Å². The number of hydrogen-bond acceptors (Lipinski definition) is 1. The predicted octanol–water partition coefficient (Wildman–Crippen LogP) is 1.70. The van der Waals surface area contributed by atoms with Crippen LogP contribution in [0.1, 0.15) is 24.9 Å². The zero-order chi connectivity index (χ0) is 9.10. The Bertz CT molecular complexity index is 254. The summed E-state index contributed by atoms with van der Waals surface area (Å²) in [4.78, 5) is 0. The quantitative estimate of drug-likeness (QED) is 0.507. The first-order valence-corrected chi connectivity index (χ1v) is 6.43. The van der Waals surface area contributed by atoms with Gasteiger partial charge in [-0.05, 0) is 12.5 Å². The molecule has 2 rings (SSSR count). The van der Waals surface area contributed by atoms with Crippen LogP contribution in [0.25, 0.3) is 0 Å². The second-order valence-electron chi connectivity index (χ2n) is 3.66. The largest absolute Gasteiger partial charge is 0.317 e. The molecule has 0 aromatic heterocycles. The van der Waals surface area contributed by atoms with Crippen LogP contribution in [0, 0.1) is 6.04 Å². The predicted molar refractivity (Wildman–Crippen MR) is 59.0 cm³/mol. The van der Waals surface area contributed by atoms with E-state index in [4.69, 9.17) is 0 Å². The van der Waals surface area contributed by atoms with Gasteiger partial charge in [0, 0.05) is 18.6 Å². The molecule has 1 saturated heterocycles. The molecule has 1 atom stereocenters. The molecule has 1 aromatic carbocycles. The summed E-state index contributed by atoms with van der Waals surface area (Å²) in [5.41, 5.74) is 1.46. The van der Waals surface area contributed by atoms with Crippen LogP contribution in [0.2, 0.25) is 0 Å². The van der Waals surface area contributed by atoms with Gasteiger partial charge >= 0.3 is 9.68 Å². The van der Waals surface area contributed by atoms with Crippen molar-refractivity contribution in [2.75, 3.05) is 6.54 Å². The molecule has 0 N–H and O–H groups in total. The molecule has 0 radical (unpaired) electrons. The molecule has 1 aliphatic heterocycles. The van der Waals surface area contributed by atoms with Crippen LogP contribution in [0.4, 0.5) is 0 Å². The molecular formula is C11H16NSi+. The Morgan fingerprint density at radius 2 is 2.15 bits per heavy atom. The van der Waals surface area contributed by atoms with Crippen molar-refractivity contribution >= 4 is 9.68 Å². The molecule has 0 spiro atoms. The molecule has 0 unspecified atom stereocenters. The maximum Gasteiger partial charge on any atom is 0.317 e. The fraction of sp³-hybridized carbons (Fsp3) is 0.364. The van der Waals surface area contributed by atoms with Crippen LogP contribution in [0.5, 0.6) is 0 Å². The lowest BCUT2D eigenvalue weighted by atomic mass is 10.1. The lowest BCUT2D eigenvalue weighted by Gasteiger charge is -2.20. The molecule has 1 aromatic rings. The van der Waals surface area contributed by atoms with E-state index in [-0.39, 0.29) is 9.68 Å². The number of rotatable bonds is 2. The highest BCUT2D eigenvalue weighted by atomic mass is 28.2. The highest BCUT2D eigenvalue weighted by molar-refractivity contribution is 6.38. The van der Waals surface area contributed by atoms with Gasteiger partial charge in [-0.2, -0.15) is 0 Å². The maximum atomic E-state index is 2.65. The smallest absolute Gasteiger partial charge is 0.281 e. The minimum atomic E-state index is -0.0257. The molecule has 13 heavy (non-hydrogen) atoms. The van der Waals surface area contributed by atoms with Crippen LogP contribution in [-0.4, -0.2) is 20.8 Å². The van der Waals surface area contributed by atoms with Crippen LogP contribution in [0.15, 0.2) is 30.3 Å². The fourth-order valence-corrected chi connectivity index (χ4v) is 3.49. The van der Waals surface area contributed by atoms with Crippen molar-refractivity contribution < 1.29 is 0 Å². The van der Waals surface area contributed by atoms with E-state index in [9.17, 15) is 0 Å². The van der Waals surface area contributed by atoms with Crippen molar-refractivity contribution in [2.45, 2.75) is 19.4 Å². The Balaban J connectivity index is 2.08. The summed E-state index contributed by atoms with van der Waals surface area (Å²) in [5, 5.41) is 0. The normalized spacial score (nSPS) is 21.6. The van der Waals surface area contributed by atoms with Crippen molar-refractivity contribution in [1.29, 1.82) is 0 Å². The van der Waals surface area contributed by atoms with Crippen LogP contribution < -0.4 is 0 Å². The van der Waals surface area contributed by atoms with Gasteiger partial charge in [0.05, 0.1) is 6.42 Å². The first-order valence-electron chi connectivity index (χ1n) is 4.98. The van der Waals surface area contributed by atoms with Crippen molar-refractivity contribution in [3.05, 3.63) is 41.9 Å². The van der Waals surface area contributed by atoms with E-state index in [1.54, 1.807) is 0 Å². The van der Waals surface area contributed by atoms with Gasteiger partial charge in [0.2, 0.25) is 0 Å². The van der Waals surface area contributed by atoms with E-state index < -0.39 is 0 Å². The third-order valence-corrected chi connectivity index (χ3v) is 4.81.